The van der Waals surface area contributed by atoms with Crippen LogP contribution in [0.1, 0.15) is 38.3 Å². The molecule has 2 heteroatoms. The minimum atomic E-state index is -0.229. The zero-order valence-corrected chi connectivity index (χ0v) is 10.8. The molecule has 0 atom stereocenters. The van der Waals surface area contributed by atoms with Crippen LogP contribution in [0, 0.1) is 0 Å². The van der Waals surface area contributed by atoms with Crippen LogP contribution in [0.5, 0.6) is 0 Å². The topological polar surface area (TPSA) is 26.3 Å². The number of esters is 1. The molecule has 0 N–H and O–H groups in total. The Labute approximate surface area is 103 Å². The first-order chi connectivity index (χ1) is 8.17. The van der Waals surface area contributed by atoms with E-state index < -0.39 is 0 Å². The molecule has 0 saturated heterocycles. The monoisotopic (exact) mass is 232 g/mol. The Hall–Kier alpha value is -1.57. The maximum absolute atomic E-state index is 10.8. The predicted molar refractivity (Wildman–Crippen MR) is 70.7 cm³/mol. The summed E-state index contributed by atoms with van der Waals surface area (Å²) in [4.78, 5) is 10.8. The van der Waals surface area contributed by atoms with Crippen molar-refractivity contribution >= 4 is 12.0 Å². The summed E-state index contributed by atoms with van der Waals surface area (Å²) in [6.07, 6.45) is 4.03. The Kier molecular flexibility index (Phi) is 5.47. The molecule has 17 heavy (non-hydrogen) atoms. The van der Waals surface area contributed by atoms with Crippen LogP contribution in [0.4, 0.5) is 0 Å². The van der Waals surface area contributed by atoms with Crippen molar-refractivity contribution in [2.75, 3.05) is 6.61 Å². The van der Waals surface area contributed by atoms with E-state index in [9.17, 15) is 4.79 Å². The molecule has 0 aromatic heterocycles. The van der Waals surface area contributed by atoms with Crippen molar-refractivity contribution in [3.8, 4) is 0 Å². The summed E-state index contributed by atoms with van der Waals surface area (Å²) in [7, 11) is 0. The molecule has 92 valence electrons. The van der Waals surface area contributed by atoms with Crippen molar-refractivity contribution < 1.29 is 9.53 Å². The molecule has 0 aliphatic carbocycles. The lowest BCUT2D eigenvalue weighted by molar-refractivity contribution is -0.139. The van der Waals surface area contributed by atoms with Gasteiger partial charge in [-0.3, -0.25) is 4.79 Å². The number of ether oxygens (including phenoxy) is 1. The van der Waals surface area contributed by atoms with E-state index in [-0.39, 0.29) is 5.97 Å². The van der Waals surface area contributed by atoms with Gasteiger partial charge in [0.15, 0.2) is 0 Å². The lowest BCUT2D eigenvalue weighted by Crippen LogP contribution is -2.03. The molecule has 0 heterocycles. The van der Waals surface area contributed by atoms with Crippen molar-refractivity contribution in [2.45, 2.75) is 33.6 Å². The first-order valence-corrected chi connectivity index (χ1v) is 6.08. The fraction of sp³-hybridized carbons (Fsp3) is 0.400. The highest BCUT2D eigenvalue weighted by molar-refractivity contribution is 5.66. The first kappa shape index (κ1) is 13.5. The van der Waals surface area contributed by atoms with Gasteiger partial charge in [0.05, 0.1) is 0 Å². The zero-order chi connectivity index (χ0) is 12.7. The lowest BCUT2D eigenvalue weighted by Gasteiger charge is -2.08. The second-order valence-corrected chi connectivity index (χ2v) is 3.99. The van der Waals surface area contributed by atoms with Gasteiger partial charge in [-0.05, 0) is 29.5 Å². The number of carbonyl (C=O) groups excluding carboxylic acids is 1. The Morgan fingerprint density at radius 3 is 2.59 bits per heavy atom. The molecule has 1 rings (SSSR count). The molecule has 2 nitrogen and oxygen atoms in total. The number of benzene rings is 1. The summed E-state index contributed by atoms with van der Waals surface area (Å²) < 4.78 is 5.03. The van der Waals surface area contributed by atoms with Crippen LogP contribution >= 0.6 is 0 Å². The molecular formula is C15H20O2. The average Bonchev–Trinajstić information content (AvgIpc) is 2.34. The normalized spacial score (nSPS) is 11.4. The van der Waals surface area contributed by atoms with Crippen LogP contribution < -0.4 is 0 Å². The second kappa shape index (κ2) is 6.89. The smallest absolute Gasteiger partial charge is 0.302 e. The summed E-state index contributed by atoms with van der Waals surface area (Å²) in [5.41, 5.74) is 3.68. The van der Waals surface area contributed by atoms with Crippen LogP contribution in [0.15, 0.2) is 29.8 Å². The van der Waals surface area contributed by atoms with Crippen molar-refractivity contribution in [1.29, 1.82) is 0 Å². The lowest BCUT2D eigenvalue weighted by atomic mass is 10.0. The van der Waals surface area contributed by atoms with E-state index in [1.165, 1.54) is 18.1 Å². The predicted octanol–water partition coefficient (Wildman–Crippen LogP) is 3.61. The van der Waals surface area contributed by atoms with E-state index in [1.54, 1.807) is 0 Å². The molecule has 0 fully saturated rings. The molecule has 1 aromatic carbocycles. The van der Waals surface area contributed by atoms with Gasteiger partial charge < -0.3 is 4.74 Å². The fourth-order valence-electron chi connectivity index (χ4n) is 1.66. The summed E-state index contributed by atoms with van der Waals surface area (Å²) in [6, 6.07) is 8.31. The van der Waals surface area contributed by atoms with Crippen molar-refractivity contribution in [2.24, 2.45) is 0 Å². The minimum absolute atomic E-state index is 0.229. The zero-order valence-electron chi connectivity index (χ0n) is 10.8. The highest BCUT2D eigenvalue weighted by Gasteiger charge is 2.01. The maximum atomic E-state index is 10.8. The van der Waals surface area contributed by atoms with Crippen molar-refractivity contribution in [3.05, 3.63) is 41.0 Å². The van der Waals surface area contributed by atoms with Gasteiger partial charge in [0.1, 0.15) is 6.61 Å². The molecule has 1 aromatic rings. The molecule has 0 radical (unpaired) electrons. The van der Waals surface area contributed by atoms with E-state index in [0.29, 0.717) is 6.61 Å². The van der Waals surface area contributed by atoms with E-state index in [0.717, 1.165) is 18.4 Å². The molecular weight excluding hydrogens is 212 g/mol. The third-order valence-corrected chi connectivity index (χ3v) is 2.71. The number of carbonyl (C=O) groups is 1. The van der Waals surface area contributed by atoms with Gasteiger partial charge in [-0.2, -0.15) is 0 Å². The standard InChI is InChI=1S/C15H20O2/c1-4-13(11-17-12(3)16)10-15-9-7-6-8-14(15)5-2/h6-10H,4-5,11H2,1-3H3/b13-10+. The number of aryl methyl sites for hydroxylation is 1. The molecule has 0 amide bonds. The van der Waals surface area contributed by atoms with Gasteiger partial charge in [0.2, 0.25) is 0 Å². The second-order valence-electron chi connectivity index (χ2n) is 3.99. The summed E-state index contributed by atoms with van der Waals surface area (Å²) in [5, 5.41) is 0. The number of rotatable bonds is 5. The van der Waals surface area contributed by atoms with Gasteiger partial charge in [0, 0.05) is 6.92 Å². The third-order valence-electron chi connectivity index (χ3n) is 2.71. The third kappa shape index (κ3) is 4.43. The van der Waals surface area contributed by atoms with E-state index in [2.05, 4.69) is 32.1 Å². The largest absolute Gasteiger partial charge is 0.461 e. The Balaban J connectivity index is 2.85. The van der Waals surface area contributed by atoms with Crippen LogP contribution in [0.2, 0.25) is 0 Å². The van der Waals surface area contributed by atoms with Crippen LogP contribution in [-0.2, 0) is 16.0 Å². The van der Waals surface area contributed by atoms with Gasteiger partial charge >= 0.3 is 5.97 Å². The van der Waals surface area contributed by atoms with Gasteiger partial charge in [0.25, 0.3) is 0 Å². The molecule has 0 bridgehead atoms. The number of hydrogen-bond donors (Lipinski definition) is 0. The first-order valence-electron chi connectivity index (χ1n) is 6.08. The fourth-order valence-corrected chi connectivity index (χ4v) is 1.66. The number of hydrogen-bond acceptors (Lipinski definition) is 2. The Morgan fingerprint density at radius 2 is 2.00 bits per heavy atom. The Morgan fingerprint density at radius 1 is 1.29 bits per heavy atom. The van der Waals surface area contributed by atoms with Crippen molar-refractivity contribution in [1.82, 2.24) is 0 Å². The SMILES string of the molecule is CC/C(=C\c1ccccc1CC)COC(C)=O. The van der Waals surface area contributed by atoms with Crippen LogP contribution in [0.25, 0.3) is 6.08 Å². The molecule has 0 saturated carbocycles. The van der Waals surface area contributed by atoms with E-state index in [1.807, 2.05) is 12.1 Å². The minimum Gasteiger partial charge on any atom is -0.461 e. The van der Waals surface area contributed by atoms with Crippen LogP contribution in [-0.4, -0.2) is 12.6 Å². The molecule has 0 aliphatic rings. The van der Waals surface area contributed by atoms with Crippen LogP contribution in [0.3, 0.4) is 0 Å². The highest BCUT2D eigenvalue weighted by Crippen LogP contribution is 2.15. The molecule has 0 spiro atoms. The van der Waals surface area contributed by atoms with Crippen molar-refractivity contribution in [3.63, 3.8) is 0 Å². The summed E-state index contributed by atoms with van der Waals surface area (Å²) in [6.45, 7) is 6.05. The van der Waals surface area contributed by atoms with Gasteiger partial charge in [-0.1, -0.05) is 44.2 Å². The summed E-state index contributed by atoms with van der Waals surface area (Å²) >= 11 is 0. The van der Waals surface area contributed by atoms with Gasteiger partial charge in [-0.15, -0.1) is 0 Å². The quantitative estimate of drug-likeness (QED) is 0.725. The maximum Gasteiger partial charge on any atom is 0.302 e. The molecule has 0 aliphatic heterocycles. The van der Waals surface area contributed by atoms with Gasteiger partial charge in [-0.25, -0.2) is 0 Å². The summed E-state index contributed by atoms with van der Waals surface area (Å²) in [5.74, 6) is -0.229. The highest BCUT2D eigenvalue weighted by atomic mass is 16.5. The van der Waals surface area contributed by atoms with E-state index >= 15 is 0 Å². The average molecular weight is 232 g/mol. The Bertz CT molecular complexity index is 405. The van der Waals surface area contributed by atoms with E-state index in [4.69, 9.17) is 4.74 Å². The molecule has 0 unspecified atom stereocenters.